The van der Waals surface area contributed by atoms with Gasteiger partial charge in [0, 0.05) is 43.6 Å². The van der Waals surface area contributed by atoms with E-state index in [9.17, 15) is 24.5 Å². The van der Waals surface area contributed by atoms with Crippen LogP contribution in [0.2, 0.25) is 5.15 Å². The van der Waals surface area contributed by atoms with Crippen LogP contribution in [0.1, 0.15) is 32.6 Å². The van der Waals surface area contributed by atoms with Crippen LogP contribution in [0.25, 0.3) is 11.2 Å². The fraction of sp³-hybridized carbons (Fsp3) is 0.375. The van der Waals surface area contributed by atoms with Gasteiger partial charge in [-0.25, -0.2) is 9.97 Å². The van der Waals surface area contributed by atoms with Gasteiger partial charge in [-0.15, -0.1) is 11.8 Å². The molecule has 1 fully saturated rings. The van der Waals surface area contributed by atoms with Crippen LogP contribution in [0.5, 0.6) is 0 Å². The molecule has 15 heteroatoms. The average Bonchev–Trinajstić information content (AvgIpc) is 3.42. The van der Waals surface area contributed by atoms with E-state index in [1.807, 2.05) is 0 Å². The fourth-order valence-electron chi connectivity index (χ4n) is 4.04. The standard InChI is InChI=1S/C24H23ClN4O9S/c1-12(30)35-9-17-21(36-13(2)31)22(37-14(3)32)24(38-17)28-11-26-20-18(8-19(25)27-23(20)28)39-10-15-4-6-16(7-5-15)29(33)34/h4-8,11,17,21-22,24H,9-10H2,1-3H3/t17-,21-,22-,24-/m1/s1. The molecule has 3 aromatic rings. The number of ether oxygens (including phenoxy) is 4. The molecule has 3 heterocycles. The Hall–Kier alpha value is -3.75. The van der Waals surface area contributed by atoms with E-state index in [1.54, 1.807) is 18.2 Å². The summed E-state index contributed by atoms with van der Waals surface area (Å²) in [7, 11) is 0. The lowest BCUT2D eigenvalue weighted by Gasteiger charge is -2.23. The Kier molecular flexibility index (Phi) is 8.67. The number of esters is 3. The molecular weight excluding hydrogens is 556 g/mol. The van der Waals surface area contributed by atoms with E-state index in [4.69, 9.17) is 30.5 Å². The second kappa shape index (κ2) is 12.0. The van der Waals surface area contributed by atoms with Gasteiger partial charge >= 0.3 is 17.9 Å². The van der Waals surface area contributed by atoms with Crippen molar-refractivity contribution < 1.29 is 38.3 Å². The second-order valence-electron chi connectivity index (χ2n) is 8.50. The Bertz CT molecular complexity index is 1410. The van der Waals surface area contributed by atoms with Crippen LogP contribution in [-0.2, 0) is 39.1 Å². The molecule has 1 aliphatic rings. The van der Waals surface area contributed by atoms with Crippen LogP contribution in [0, 0.1) is 10.1 Å². The summed E-state index contributed by atoms with van der Waals surface area (Å²) in [6.07, 6.45) is -2.74. The van der Waals surface area contributed by atoms with Crippen molar-refractivity contribution in [1.29, 1.82) is 0 Å². The van der Waals surface area contributed by atoms with Crippen LogP contribution in [0.15, 0.2) is 41.6 Å². The van der Waals surface area contributed by atoms with Crippen molar-refractivity contribution in [2.75, 3.05) is 6.61 Å². The summed E-state index contributed by atoms with van der Waals surface area (Å²) in [4.78, 5) is 55.2. The summed E-state index contributed by atoms with van der Waals surface area (Å²) in [5.74, 6) is -1.39. The molecule has 1 saturated heterocycles. The highest BCUT2D eigenvalue weighted by Crippen LogP contribution is 2.38. The largest absolute Gasteiger partial charge is 0.463 e. The highest BCUT2D eigenvalue weighted by molar-refractivity contribution is 7.98. The first-order valence-electron chi connectivity index (χ1n) is 11.6. The van der Waals surface area contributed by atoms with Gasteiger partial charge in [-0.05, 0) is 11.6 Å². The lowest BCUT2D eigenvalue weighted by atomic mass is 10.1. The van der Waals surface area contributed by atoms with Gasteiger partial charge in [-0.2, -0.15) is 0 Å². The Morgan fingerprint density at radius 1 is 1.10 bits per heavy atom. The smallest absolute Gasteiger partial charge is 0.303 e. The number of halogens is 1. The van der Waals surface area contributed by atoms with Crippen LogP contribution in [-0.4, -0.2) is 62.3 Å². The molecule has 4 rings (SSSR count). The molecule has 0 spiro atoms. The first-order valence-corrected chi connectivity index (χ1v) is 12.9. The number of rotatable bonds is 9. The zero-order valence-corrected chi connectivity index (χ0v) is 22.5. The molecule has 1 aliphatic heterocycles. The van der Waals surface area contributed by atoms with Gasteiger partial charge in [-0.1, -0.05) is 23.7 Å². The van der Waals surface area contributed by atoms with Crippen molar-refractivity contribution in [1.82, 2.24) is 14.5 Å². The van der Waals surface area contributed by atoms with E-state index >= 15 is 0 Å². The Labute approximate surface area is 230 Å². The minimum absolute atomic E-state index is 0.00481. The van der Waals surface area contributed by atoms with Crippen molar-refractivity contribution in [2.24, 2.45) is 0 Å². The summed E-state index contributed by atoms with van der Waals surface area (Å²) >= 11 is 7.73. The molecule has 206 valence electrons. The number of benzene rings is 1. The van der Waals surface area contributed by atoms with E-state index < -0.39 is 47.4 Å². The van der Waals surface area contributed by atoms with Crippen molar-refractivity contribution in [2.45, 2.75) is 56.0 Å². The van der Waals surface area contributed by atoms with Crippen LogP contribution in [0.4, 0.5) is 5.69 Å². The zero-order valence-electron chi connectivity index (χ0n) is 20.9. The predicted octanol–water partition coefficient (Wildman–Crippen LogP) is 3.61. The topological polar surface area (TPSA) is 162 Å². The number of pyridine rings is 1. The summed E-state index contributed by atoms with van der Waals surface area (Å²) < 4.78 is 23.6. The number of carbonyl (C=O) groups excluding carboxylic acids is 3. The molecule has 0 bridgehead atoms. The number of thioether (sulfide) groups is 1. The Balaban J connectivity index is 1.66. The molecule has 0 unspecified atom stereocenters. The number of nitrogens with zero attached hydrogens (tertiary/aromatic N) is 4. The Morgan fingerprint density at radius 3 is 2.38 bits per heavy atom. The maximum Gasteiger partial charge on any atom is 0.303 e. The maximum absolute atomic E-state index is 12.0. The van der Waals surface area contributed by atoms with E-state index in [-0.39, 0.29) is 17.4 Å². The average molecular weight is 579 g/mol. The number of nitro benzene ring substituents is 1. The second-order valence-corrected chi connectivity index (χ2v) is 9.90. The minimum atomic E-state index is -1.11. The van der Waals surface area contributed by atoms with Crippen molar-refractivity contribution >= 4 is 58.1 Å². The molecule has 13 nitrogen and oxygen atoms in total. The molecule has 1 aromatic carbocycles. The van der Waals surface area contributed by atoms with Crippen LogP contribution >= 0.6 is 23.4 Å². The lowest BCUT2D eigenvalue weighted by Crippen LogP contribution is -2.40. The number of carbonyl (C=O) groups is 3. The number of nitro groups is 1. The molecule has 39 heavy (non-hydrogen) atoms. The monoisotopic (exact) mass is 578 g/mol. The van der Waals surface area contributed by atoms with Crippen LogP contribution in [0.3, 0.4) is 0 Å². The van der Waals surface area contributed by atoms with Crippen molar-refractivity contribution in [3.63, 3.8) is 0 Å². The fourth-order valence-corrected chi connectivity index (χ4v) is 5.28. The van der Waals surface area contributed by atoms with Gasteiger partial charge in [0.15, 0.2) is 24.1 Å². The van der Waals surface area contributed by atoms with E-state index in [0.29, 0.717) is 21.8 Å². The quantitative estimate of drug-likeness (QED) is 0.0906. The summed E-state index contributed by atoms with van der Waals surface area (Å²) in [5.41, 5.74) is 1.63. The third kappa shape index (κ3) is 6.64. The van der Waals surface area contributed by atoms with Gasteiger partial charge in [0.25, 0.3) is 5.69 Å². The maximum atomic E-state index is 12.0. The SMILES string of the molecule is CC(=O)OC[C@H]1O[C@@H](n2cnc3c(SCc4ccc([N+](=O)[O-])cc4)cc(Cl)nc32)[C@H](OC(C)=O)[C@@H]1OC(C)=O. The van der Waals surface area contributed by atoms with Gasteiger partial charge < -0.3 is 18.9 Å². The number of hydrogen-bond donors (Lipinski definition) is 0. The molecule has 0 radical (unpaired) electrons. The highest BCUT2D eigenvalue weighted by atomic mass is 35.5. The number of fused-ring (bicyclic) bond motifs is 1. The number of imidazole rings is 1. The lowest BCUT2D eigenvalue weighted by molar-refractivity contribution is -0.384. The zero-order chi connectivity index (χ0) is 28.3. The number of aromatic nitrogens is 3. The molecule has 2 aromatic heterocycles. The first kappa shape index (κ1) is 28.3. The van der Waals surface area contributed by atoms with Gasteiger partial charge in [0.2, 0.25) is 0 Å². The normalized spacial score (nSPS) is 20.5. The van der Waals surface area contributed by atoms with Gasteiger partial charge in [0.1, 0.15) is 23.4 Å². The van der Waals surface area contributed by atoms with E-state index in [1.165, 1.54) is 55.6 Å². The molecule has 0 N–H and O–H groups in total. The molecule has 0 amide bonds. The number of hydrogen-bond acceptors (Lipinski definition) is 12. The van der Waals surface area contributed by atoms with Crippen molar-refractivity contribution in [3.05, 3.63) is 57.5 Å². The van der Waals surface area contributed by atoms with Crippen molar-refractivity contribution in [3.8, 4) is 0 Å². The van der Waals surface area contributed by atoms with Gasteiger partial charge in [0.05, 0.1) is 11.3 Å². The molecule has 0 saturated carbocycles. The van der Waals surface area contributed by atoms with E-state index in [2.05, 4.69) is 9.97 Å². The van der Waals surface area contributed by atoms with Gasteiger partial charge in [-0.3, -0.25) is 29.1 Å². The molecule has 4 atom stereocenters. The Morgan fingerprint density at radius 2 is 1.77 bits per heavy atom. The summed E-state index contributed by atoms with van der Waals surface area (Å²) in [5, 5.41) is 11.1. The molecular formula is C24H23ClN4O9S. The molecule has 0 aliphatic carbocycles. The summed E-state index contributed by atoms with van der Waals surface area (Å²) in [6, 6.07) is 7.83. The highest BCUT2D eigenvalue weighted by Gasteiger charge is 2.51. The number of non-ortho nitro benzene ring substituents is 1. The van der Waals surface area contributed by atoms with E-state index in [0.717, 1.165) is 5.56 Å². The third-order valence-corrected chi connectivity index (χ3v) is 6.91. The first-order chi connectivity index (χ1) is 18.5. The van der Waals surface area contributed by atoms with Crippen LogP contribution < -0.4 is 0 Å². The minimum Gasteiger partial charge on any atom is -0.463 e. The third-order valence-electron chi connectivity index (χ3n) is 5.62. The summed E-state index contributed by atoms with van der Waals surface area (Å²) in [6.45, 7) is 3.37. The predicted molar refractivity (Wildman–Crippen MR) is 137 cm³/mol.